The first kappa shape index (κ1) is 9.12. The number of nitrogens with zero attached hydrogens (tertiary/aromatic N) is 3. The van der Waals surface area contributed by atoms with Crippen molar-refractivity contribution in [2.45, 2.75) is 19.8 Å². The van der Waals surface area contributed by atoms with Gasteiger partial charge in [-0.15, -0.1) is 0 Å². The maximum absolute atomic E-state index is 12.9. The van der Waals surface area contributed by atoms with Crippen LogP contribution >= 0.6 is 0 Å². The summed E-state index contributed by atoms with van der Waals surface area (Å²) >= 11 is 0. The molecule has 0 aliphatic carbocycles. The van der Waals surface area contributed by atoms with Crippen molar-refractivity contribution in [2.75, 3.05) is 0 Å². The Labute approximate surface area is 81.6 Å². The third-order valence-corrected chi connectivity index (χ3v) is 2.25. The van der Waals surface area contributed by atoms with Crippen molar-refractivity contribution in [2.24, 2.45) is 7.05 Å². The van der Waals surface area contributed by atoms with Gasteiger partial charge in [0.2, 0.25) is 5.95 Å². The number of rotatable bonds is 2. The average molecular weight is 193 g/mol. The van der Waals surface area contributed by atoms with Crippen LogP contribution in [-0.4, -0.2) is 14.5 Å². The lowest BCUT2D eigenvalue weighted by Gasteiger charge is -1.98. The normalized spacial score (nSPS) is 11.1. The minimum Gasteiger partial charge on any atom is -0.316 e. The Hall–Kier alpha value is -1.45. The third kappa shape index (κ3) is 1.36. The molecule has 3 nitrogen and oxygen atoms in total. The first-order valence-electron chi connectivity index (χ1n) is 4.70. The third-order valence-electron chi connectivity index (χ3n) is 2.25. The quantitative estimate of drug-likeness (QED) is 0.683. The van der Waals surface area contributed by atoms with Gasteiger partial charge in [0.15, 0.2) is 5.65 Å². The molecule has 0 amide bonds. The molecular formula is C10H12FN3. The van der Waals surface area contributed by atoms with Crippen LogP contribution in [0.2, 0.25) is 0 Å². The molecule has 2 aromatic heterocycles. The lowest BCUT2D eigenvalue weighted by Crippen LogP contribution is -1.98. The number of halogens is 1. The zero-order valence-electron chi connectivity index (χ0n) is 8.29. The molecule has 0 aromatic carbocycles. The highest BCUT2D eigenvalue weighted by molar-refractivity contribution is 5.71. The summed E-state index contributed by atoms with van der Waals surface area (Å²) in [6, 6.07) is 3.00. The Morgan fingerprint density at radius 3 is 2.86 bits per heavy atom. The van der Waals surface area contributed by atoms with E-state index in [-0.39, 0.29) is 0 Å². The van der Waals surface area contributed by atoms with E-state index < -0.39 is 5.95 Å². The van der Waals surface area contributed by atoms with Crippen molar-refractivity contribution >= 4 is 11.2 Å². The second-order valence-corrected chi connectivity index (χ2v) is 3.31. The first-order chi connectivity index (χ1) is 6.72. The van der Waals surface area contributed by atoms with Crippen LogP contribution in [0.1, 0.15) is 19.2 Å². The zero-order chi connectivity index (χ0) is 10.1. The molecule has 0 saturated heterocycles. The maximum atomic E-state index is 12.9. The fourth-order valence-corrected chi connectivity index (χ4v) is 1.54. The highest BCUT2D eigenvalue weighted by Crippen LogP contribution is 2.13. The van der Waals surface area contributed by atoms with Gasteiger partial charge in [-0.25, -0.2) is 4.98 Å². The predicted molar refractivity (Wildman–Crippen MR) is 52.5 cm³/mol. The molecule has 0 aliphatic heterocycles. The average Bonchev–Trinajstić information content (AvgIpc) is 2.46. The van der Waals surface area contributed by atoms with E-state index in [1.165, 1.54) is 6.07 Å². The summed E-state index contributed by atoms with van der Waals surface area (Å²) in [5.74, 6) is 0.504. The molecule has 14 heavy (non-hydrogen) atoms. The molecule has 0 fully saturated rings. The van der Waals surface area contributed by atoms with Crippen molar-refractivity contribution in [3.63, 3.8) is 0 Å². The van der Waals surface area contributed by atoms with Crippen molar-refractivity contribution in [1.82, 2.24) is 14.5 Å². The Kier molecular flexibility index (Phi) is 2.19. The van der Waals surface area contributed by atoms with E-state index in [9.17, 15) is 4.39 Å². The Balaban J connectivity index is 2.62. The van der Waals surface area contributed by atoms with Crippen LogP contribution in [-0.2, 0) is 13.5 Å². The molecule has 0 bridgehead atoms. The van der Waals surface area contributed by atoms with Crippen molar-refractivity contribution in [3.05, 3.63) is 23.9 Å². The molecule has 0 unspecified atom stereocenters. The van der Waals surface area contributed by atoms with E-state index in [0.717, 1.165) is 24.2 Å². The van der Waals surface area contributed by atoms with Gasteiger partial charge in [0.1, 0.15) is 11.3 Å². The van der Waals surface area contributed by atoms with Crippen LogP contribution in [0.15, 0.2) is 12.1 Å². The first-order valence-corrected chi connectivity index (χ1v) is 4.70. The lowest BCUT2D eigenvalue weighted by atomic mass is 10.3. The molecule has 0 saturated carbocycles. The highest BCUT2D eigenvalue weighted by Gasteiger charge is 2.08. The van der Waals surface area contributed by atoms with Crippen LogP contribution in [0.25, 0.3) is 11.2 Å². The second-order valence-electron chi connectivity index (χ2n) is 3.31. The van der Waals surface area contributed by atoms with Crippen LogP contribution in [0.4, 0.5) is 4.39 Å². The number of fused-ring (bicyclic) bond motifs is 1. The Bertz CT molecular complexity index is 462. The summed E-state index contributed by atoms with van der Waals surface area (Å²) < 4.78 is 14.7. The van der Waals surface area contributed by atoms with E-state index in [1.54, 1.807) is 6.07 Å². The fourth-order valence-electron chi connectivity index (χ4n) is 1.54. The number of hydrogen-bond acceptors (Lipinski definition) is 2. The Morgan fingerprint density at radius 2 is 2.14 bits per heavy atom. The largest absolute Gasteiger partial charge is 0.316 e. The summed E-state index contributed by atoms with van der Waals surface area (Å²) in [5, 5.41) is 0. The van der Waals surface area contributed by atoms with Crippen LogP contribution in [0.5, 0.6) is 0 Å². The van der Waals surface area contributed by atoms with Crippen molar-refractivity contribution in [1.29, 1.82) is 0 Å². The minimum atomic E-state index is -0.455. The van der Waals surface area contributed by atoms with Gasteiger partial charge >= 0.3 is 0 Å². The Morgan fingerprint density at radius 1 is 1.36 bits per heavy atom. The molecule has 0 atom stereocenters. The smallest absolute Gasteiger partial charge is 0.214 e. The maximum Gasteiger partial charge on any atom is 0.214 e. The van der Waals surface area contributed by atoms with Gasteiger partial charge in [-0.2, -0.15) is 9.37 Å². The SMILES string of the molecule is CCCc1nc2ccc(F)nc2n1C. The van der Waals surface area contributed by atoms with Crippen molar-refractivity contribution < 1.29 is 4.39 Å². The minimum absolute atomic E-state index is 0.455. The molecule has 4 heteroatoms. The van der Waals surface area contributed by atoms with Gasteiger partial charge in [0.25, 0.3) is 0 Å². The standard InChI is InChI=1S/C10H12FN3/c1-3-4-9-12-7-5-6-8(11)13-10(7)14(9)2/h5-6H,3-4H2,1-2H3. The summed E-state index contributed by atoms with van der Waals surface area (Å²) in [6.07, 6.45) is 1.92. The lowest BCUT2D eigenvalue weighted by molar-refractivity contribution is 0.586. The van der Waals surface area contributed by atoms with E-state index >= 15 is 0 Å². The molecule has 0 N–H and O–H groups in total. The number of imidazole rings is 1. The number of aryl methyl sites for hydroxylation is 2. The highest BCUT2D eigenvalue weighted by atomic mass is 19.1. The number of pyridine rings is 1. The van der Waals surface area contributed by atoms with E-state index in [2.05, 4.69) is 16.9 Å². The number of hydrogen-bond donors (Lipinski definition) is 0. The van der Waals surface area contributed by atoms with Crippen LogP contribution in [0, 0.1) is 5.95 Å². The van der Waals surface area contributed by atoms with Crippen molar-refractivity contribution in [3.8, 4) is 0 Å². The molecule has 2 rings (SSSR count). The van der Waals surface area contributed by atoms with Gasteiger partial charge in [-0.3, -0.25) is 0 Å². The van der Waals surface area contributed by atoms with Crippen LogP contribution in [0.3, 0.4) is 0 Å². The topological polar surface area (TPSA) is 30.7 Å². The molecular weight excluding hydrogens is 181 g/mol. The summed E-state index contributed by atoms with van der Waals surface area (Å²) in [5.41, 5.74) is 1.38. The monoisotopic (exact) mass is 193 g/mol. The molecule has 2 aromatic rings. The van der Waals surface area contributed by atoms with Gasteiger partial charge in [0.05, 0.1) is 0 Å². The molecule has 0 aliphatic rings. The fraction of sp³-hybridized carbons (Fsp3) is 0.400. The molecule has 2 heterocycles. The summed E-state index contributed by atoms with van der Waals surface area (Å²) in [7, 11) is 1.87. The number of aromatic nitrogens is 3. The van der Waals surface area contributed by atoms with Gasteiger partial charge < -0.3 is 4.57 Å². The van der Waals surface area contributed by atoms with Crippen LogP contribution < -0.4 is 0 Å². The predicted octanol–water partition coefficient (Wildman–Crippen LogP) is 2.06. The molecule has 0 spiro atoms. The van der Waals surface area contributed by atoms with E-state index in [4.69, 9.17) is 0 Å². The summed E-state index contributed by atoms with van der Waals surface area (Å²) in [6.45, 7) is 2.09. The van der Waals surface area contributed by atoms with Gasteiger partial charge in [-0.05, 0) is 18.6 Å². The zero-order valence-corrected chi connectivity index (χ0v) is 8.29. The summed E-state index contributed by atoms with van der Waals surface area (Å²) in [4.78, 5) is 8.19. The van der Waals surface area contributed by atoms with Gasteiger partial charge in [-0.1, -0.05) is 6.92 Å². The van der Waals surface area contributed by atoms with E-state index in [0.29, 0.717) is 5.65 Å². The molecule has 74 valence electrons. The second kappa shape index (κ2) is 3.36. The van der Waals surface area contributed by atoms with Gasteiger partial charge in [0, 0.05) is 13.5 Å². The van der Waals surface area contributed by atoms with E-state index in [1.807, 2.05) is 11.6 Å². The molecule has 0 radical (unpaired) electrons.